The summed E-state index contributed by atoms with van der Waals surface area (Å²) in [5.41, 5.74) is 1.61. The monoisotopic (exact) mass is 432 g/mol. The zero-order chi connectivity index (χ0) is 19.4. The van der Waals surface area contributed by atoms with E-state index >= 15 is 0 Å². The Hall–Kier alpha value is -1.05. The summed E-state index contributed by atoms with van der Waals surface area (Å²) in [6.45, 7) is 1.60. The van der Waals surface area contributed by atoms with Crippen LogP contribution in [-0.2, 0) is 19.1 Å². The molecule has 9 heteroatoms. The highest BCUT2D eigenvalue weighted by molar-refractivity contribution is 6.62. The minimum absolute atomic E-state index is 0.160. The SMILES string of the molecule is CN(C(=O)C1(Cl)CC1(Cl)Cl)C1CCN(c2cccc(C3OCCO3)c2)C1=O. The summed E-state index contributed by atoms with van der Waals surface area (Å²) in [6.07, 6.45) is 0.267. The van der Waals surface area contributed by atoms with E-state index in [0.29, 0.717) is 26.2 Å². The Balaban J connectivity index is 1.49. The number of rotatable bonds is 4. The van der Waals surface area contributed by atoms with Crippen molar-refractivity contribution in [1.82, 2.24) is 4.90 Å². The predicted octanol–water partition coefficient (Wildman–Crippen LogP) is 2.85. The van der Waals surface area contributed by atoms with Gasteiger partial charge >= 0.3 is 0 Å². The molecular formula is C18H19Cl3N2O4. The van der Waals surface area contributed by atoms with E-state index < -0.39 is 27.4 Å². The number of carbonyl (C=O) groups excluding carboxylic acids is 2. The molecule has 0 radical (unpaired) electrons. The highest BCUT2D eigenvalue weighted by Gasteiger charge is 2.72. The minimum Gasteiger partial charge on any atom is -0.346 e. The maximum absolute atomic E-state index is 13.0. The minimum atomic E-state index is -1.35. The van der Waals surface area contributed by atoms with E-state index in [0.717, 1.165) is 11.3 Å². The van der Waals surface area contributed by atoms with Crippen LogP contribution in [0.1, 0.15) is 24.7 Å². The molecule has 2 atom stereocenters. The molecule has 2 unspecified atom stereocenters. The topological polar surface area (TPSA) is 59.1 Å². The maximum Gasteiger partial charge on any atom is 0.249 e. The molecule has 1 saturated carbocycles. The van der Waals surface area contributed by atoms with Gasteiger partial charge in [0.15, 0.2) is 11.2 Å². The lowest BCUT2D eigenvalue weighted by Crippen LogP contribution is -2.47. The number of benzene rings is 1. The van der Waals surface area contributed by atoms with Crippen molar-refractivity contribution >= 4 is 52.3 Å². The van der Waals surface area contributed by atoms with Gasteiger partial charge in [-0.2, -0.15) is 0 Å². The molecule has 1 aromatic carbocycles. The highest BCUT2D eigenvalue weighted by atomic mass is 35.5. The number of hydrogen-bond donors (Lipinski definition) is 0. The molecule has 0 bridgehead atoms. The Morgan fingerprint density at radius 2 is 1.93 bits per heavy atom. The van der Waals surface area contributed by atoms with E-state index in [-0.39, 0.29) is 12.3 Å². The molecule has 0 N–H and O–H groups in total. The summed E-state index contributed by atoms with van der Waals surface area (Å²) in [7, 11) is 1.57. The number of amides is 2. The first-order chi connectivity index (χ1) is 12.7. The van der Waals surface area contributed by atoms with Crippen molar-refractivity contribution in [3.63, 3.8) is 0 Å². The van der Waals surface area contributed by atoms with Gasteiger partial charge in [0.1, 0.15) is 10.4 Å². The molecule has 27 heavy (non-hydrogen) atoms. The number of hydrogen-bond acceptors (Lipinski definition) is 4. The van der Waals surface area contributed by atoms with Crippen LogP contribution in [0.5, 0.6) is 0 Å². The van der Waals surface area contributed by atoms with E-state index in [2.05, 4.69) is 0 Å². The molecule has 6 nitrogen and oxygen atoms in total. The van der Waals surface area contributed by atoms with E-state index in [4.69, 9.17) is 44.3 Å². The van der Waals surface area contributed by atoms with Crippen molar-refractivity contribution in [3.8, 4) is 0 Å². The molecule has 2 heterocycles. The third kappa shape index (κ3) is 3.21. The van der Waals surface area contributed by atoms with Gasteiger partial charge in [-0.25, -0.2) is 0 Å². The quantitative estimate of drug-likeness (QED) is 0.685. The Labute approximate surface area is 172 Å². The average Bonchev–Trinajstić information content (AvgIpc) is 3.09. The van der Waals surface area contributed by atoms with Gasteiger partial charge in [-0.05, 0) is 18.6 Å². The molecule has 0 aromatic heterocycles. The van der Waals surface area contributed by atoms with Crippen molar-refractivity contribution in [2.75, 3.05) is 31.7 Å². The number of alkyl halides is 3. The largest absolute Gasteiger partial charge is 0.346 e. The van der Waals surface area contributed by atoms with E-state index in [1.807, 2.05) is 24.3 Å². The second-order valence-corrected chi connectivity index (χ2v) is 9.19. The number of carbonyl (C=O) groups is 2. The van der Waals surface area contributed by atoms with Gasteiger partial charge in [0.05, 0.1) is 13.2 Å². The third-order valence-electron chi connectivity index (χ3n) is 5.30. The van der Waals surface area contributed by atoms with Crippen molar-refractivity contribution in [3.05, 3.63) is 29.8 Å². The molecular weight excluding hydrogens is 415 g/mol. The Kier molecular flexibility index (Phi) is 4.84. The van der Waals surface area contributed by atoms with Gasteiger partial charge in [0.25, 0.3) is 0 Å². The predicted molar refractivity (Wildman–Crippen MR) is 102 cm³/mol. The van der Waals surface area contributed by atoms with Crippen LogP contribution in [-0.4, -0.2) is 58.8 Å². The summed E-state index contributed by atoms with van der Waals surface area (Å²) < 4.78 is 9.76. The molecule has 1 aromatic rings. The lowest BCUT2D eigenvalue weighted by Gasteiger charge is -2.26. The van der Waals surface area contributed by atoms with Crippen molar-refractivity contribution in [2.45, 2.75) is 34.4 Å². The molecule has 3 fully saturated rings. The average molecular weight is 434 g/mol. The van der Waals surface area contributed by atoms with E-state index in [1.54, 1.807) is 11.9 Å². The van der Waals surface area contributed by atoms with Crippen LogP contribution in [0.4, 0.5) is 5.69 Å². The van der Waals surface area contributed by atoms with Crippen LogP contribution in [0.15, 0.2) is 24.3 Å². The molecule has 1 aliphatic carbocycles. The smallest absolute Gasteiger partial charge is 0.249 e. The number of likely N-dealkylation sites (N-methyl/N-ethyl adjacent to an activating group) is 1. The van der Waals surface area contributed by atoms with Gasteiger partial charge < -0.3 is 19.3 Å². The lowest BCUT2D eigenvalue weighted by atomic mass is 10.1. The highest BCUT2D eigenvalue weighted by Crippen LogP contribution is 2.62. The maximum atomic E-state index is 13.0. The summed E-state index contributed by atoms with van der Waals surface area (Å²) in [5.74, 6) is -0.581. The van der Waals surface area contributed by atoms with Crippen LogP contribution >= 0.6 is 34.8 Å². The fourth-order valence-corrected chi connectivity index (χ4v) is 4.62. The summed E-state index contributed by atoms with van der Waals surface area (Å²) in [5, 5.41) is 0. The Morgan fingerprint density at radius 3 is 2.56 bits per heavy atom. The zero-order valence-corrected chi connectivity index (χ0v) is 16.9. The molecule has 0 spiro atoms. The zero-order valence-electron chi connectivity index (χ0n) is 14.7. The van der Waals surface area contributed by atoms with Crippen LogP contribution in [0.25, 0.3) is 0 Å². The molecule has 2 aliphatic heterocycles. The van der Waals surface area contributed by atoms with Crippen LogP contribution < -0.4 is 4.90 Å². The molecule has 4 rings (SSSR count). The second kappa shape index (κ2) is 6.78. The molecule has 2 amide bonds. The number of nitrogens with zero attached hydrogens (tertiary/aromatic N) is 2. The fourth-order valence-electron chi connectivity index (χ4n) is 3.59. The van der Waals surface area contributed by atoms with Gasteiger partial charge in [0, 0.05) is 31.3 Å². The molecule has 3 aliphatic rings. The molecule has 146 valence electrons. The summed E-state index contributed by atoms with van der Waals surface area (Å²) >= 11 is 18.2. The van der Waals surface area contributed by atoms with Crippen molar-refractivity contribution < 1.29 is 19.1 Å². The van der Waals surface area contributed by atoms with Crippen LogP contribution in [0, 0.1) is 0 Å². The Bertz CT molecular complexity index is 784. The summed E-state index contributed by atoms with van der Waals surface area (Å²) in [4.78, 5) is 27.3. The lowest BCUT2D eigenvalue weighted by molar-refractivity contribution is -0.137. The third-order valence-corrected chi connectivity index (χ3v) is 7.02. The first-order valence-corrected chi connectivity index (χ1v) is 9.86. The summed E-state index contributed by atoms with van der Waals surface area (Å²) in [6, 6.07) is 6.90. The van der Waals surface area contributed by atoms with E-state index in [1.165, 1.54) is 4.90 Å². The normalized spacial score (nSPS) is 30.0. The second-order valence-electron chi connectivity index (χ2n) is 7.06. The molecule has 2 saturated heterocycles. The van der Waals surface area contributed by atoms with Crippen LogP contribution in [0.3, 0.4) is 0 Å². The van der Waals surface area contributed by atoms with Crippen molar-refractivity contribution in [1.29, 1.82) is 0 Å². The van der Waals surface area contributed by atoms with Gasteiger partial charge in [-0.1, -0.05) is 35.3 Å². The number of anilines is 1. The first kappa shape index (κ1) is 19.3. The van der Waals surface area contributed by atoms with Gasteiger partial charge in [0.2, 0.25) is 11.8 Å². The van der Waals surface area contributed by atoms with E-state index in [9.17, 15) is 9.59 Å². The standard InChI is InChI=1S/C18H19Cl3N2O4/c1-22(16(25)17(19)10-18(17,20)21)13-5-6-23(14(13)24)12-4-2-3-11(9-12)15-26-7-8-27-15/h2-4,9,13,15H,5-8,10H2,1H3. The van der Waals surface area contributed by atoms with Gasteiger partial charge in [-0.15, -0.1) is 11.6 Å². The number of halogens is 3. The Morgan fingerprint density at radius 1 is 1.26 bits per heavy atom. The first-order valence-electron chi connectivity index (χ1n) is 8.73. The van der Waals surface area contributed by atoms with Crippen molar-refractivity contribution in [2.24, 2.45) is 0 Å². The van der Waals surface area contributed by atoms with Crippen LogP contribution in [0.2, 0.25) is 0 Å². The van der Waals surface area contributed by atoms with Gasteiger partial charge in [-0.3, -0.25) is 9.59 Å². The number of ether oxygens (including phenoxy) is 2. The fraction of sp³-hybridized carbons (Fsp3) is 0.556.